The molecule has 2 heterocycles. The van der Waals surface area contributed by atoms with Crippen molar-refractivity contribution >= 4 is 39.8 Å². The van der Waals surface area contributed by atoms with Crippen LogP contribution in [-0.2, 0) is 0 Å². The van der Waals surface area contributed by atoms with E-state index < -0.39 is 0 Å². The minimum Gasteiger partial charge on any atom is -0.409 e. The molecule has 1 aliphatic carbocycles. The lowest BCUT2D eigenvalue weighted by Gasteiger charge is -2.05. The molecule has 0 saturated carbocycles. The summed E-state index contributed by atoms with van der Waals surface area (Å²) in [6, 6.07) is 30.2. The third-order valence-electron chi connectivity index (χ3n) is 6.49. The average Bonchev–Trinajstić information content (AvgIpc) is 3.57. The van der Waals surface area contributed by atoms with Crippen LogP contribution in [0.5, 0.6) is 0 Å². The van der Waals surface area contributed by atoms with E-state index in [2.05, 4.69) is 21.8 Å². The monoisotopic (exact) mass is 491 g/mol. The van der Waals surface area contributed by atoms with E-state index in [0.717, 1.165) is 22.0 Å². The summed E-state index contributed by atoms with van der Waals surface area (Å²) in [4.78, 5) is 35.9. The number of rotatable bonds is 2. The molecule has 7 rings (SSSR count). The minimum atomic E-state index is -0.322. The lowest BCUT2D eigenvalue weighted by Crippen LogP contribution is -2.04. The largest absolute Gasteiger partial charge is 0.409 e. The Balaban J connectivity index is 1.36. The first kappa shape index (κ1) is 21.7. The molecule has 4 aromatic carbocycles. The van der Waals surface area contributed by atoms with Gasteiger partial charge in [-0.05, 0) is 59.2 Å². The lowest BCUT2D eigenvalue weighted by atomic mass is 10.0. The summed E-state index contributed by atoms with van der Waals surface area (Å²) in [5.74, 6) is 5.93. The molecule has 0 spiro atoms. The van der Waals surface area contributed by atoms with Crippen molar-refractivity contribution in [1.29, 1.82) is 0 Å². The summed E-state index contributed by atoms with van der Waals surface area (Å²) in [7, 11) is 0. The number of allylic oxidation sites excluding steroid dienone is 1. The van der Waals surface area contributed by atoms with E-state index in [1.54, 1.807) is 16.7 Å². The molecule has 0 aliphatic heterocycles. The van der Waals surface area contributed by atoms with Crippen molar-refractivity contribution < 1.29 is 14.0 Å². The van der Waals surface area contributed by atoms with Crippen molar-refractivity contribution in [3.05, 3.63) is 131 Å². The number of imidazole rings is 1. The summed E-state index contributed by atoms with van der Waals surface area (Å²) < 4.78 is 7.61. The van der Waals surface area contributed by atoms with Crippen molar-refractivity contribution in [3.63, 3.8) is 0 Å². The second-order valence-electron chi connectivity index (χ2n) is 8.87. The van der Waals surface area contributed by atoms with Crippen LogP contribution in [0.2, 0.25) is 0 Å². The van der Waals surface area contributed by atoms with Gasteiger partial charge in [0.25, 0.3) is 11.6 Å². The first-order chi connectivity index (χ1) is 18.7. The Labute approximate surface area is 216 Å². The van der Waals surface area contributed by atoms with Gasteiger partial charge in [-0.15, -0.1) is 0 Å². The second-order valence-corrected chi connectivity index (χ2v) is 8.87. The zero-order chi connectivity index (χ0) is 25.6. The molecule has 6 aromatic rings. The molecule has 2 aromatic heterocycles. The molecule has 6 nitrogen and oxygen atoms in total. The highest BCUT2D eigenvalue weighted by molar-refractivity contribution is 6.42. The van der Waals surface area contributed by atoms with E-state index in [9.17, 15) is 9.59 Å². The average molecular weight is 492 g/mol. The number of aromatic nitrogens is 3. The van der Waals surface area contributed by atoms with E-state index in [4.69, 9.17) is 4.42 Å². The maximum absolute atomic E-state index is 13.3. The number of oxazole rings is 1. The fraction of sp³-hybridized carbons (Fsp3) is 0. The maximum Gasteiger partial charge on any atom is 0.277 e. The standard InChI is InChI=1S/C32H17N3O3/c36-29-24-17-21-11-7-8-12-22(21)18-25(24)30(37)26(29)19-27-33-32-31(35(27)23-13-5-2-6-14-23)34-28(38-32)16-15-20-9-3-1-4-10-20/h1-14,17-19H. The van der Waals surface area contributed by atoms with Crippen molar-refractivity contribution in [1.82, 2.24) is 14.5 Å². The van der Waals surface area contributed by atoms with Gasteiger partial charge in [0, 0.05) is 22.4 Å². The number of fused-ring (bicyclic) bond motifs is 3. The first-order valence-corrected chi connectivity index (χ1v) is 12.0. The third kappa shape index (κ3) is 3.54. The normalized spacial score (nSPS) is 12.6. The summed E-state index contributed by atoms with van der Waals surface area (Å²) in [5, 5.41) is 1.82. The number of carbonyl (C=O) groups is 2. The summed E-state index contributed by atoms with van der Waals surface area (Å²) in [6.45, 7) is 0. The number of benzene rings is 4. The van der Waals surface area contributed by atoms with Crippen LogP contribution < -0.4 is 0 Å². The van der Waals surface area contributed by atoms with Crippen LogP contribution in [0.1, 0.15) is 38.0 Å². The molecule has 0 radical (unpaired) electrons. The predicted molar refractivity (Wildman–Crippen MR) is 144 cm³/mol. The molecule has 1 aliphatic rings. The SMILES string of the molecule is O=C1C(=Cc2nc3oc(C#Cc4ccccc4)nc3n2-c2ccccc2)C(=O)c2cc3ccccc3cc21. The highest BCUT2D eigenvalue weighted by Crippen LogP contribution is 2.32. The van der Waals surface area contributed by atoms with Gasteiger partial charge in [0.1, 0.15) is 5.82 Å². The third-order valence-corrected chi connectivity index (χ3v) is 6.49. The minimum absolute atomic E-state index is 0.0595. The number of nitrogens with zero attached hydrogens (tertiary/aromatic N) is 3. The van der Waals surface area contributed by atoms with Gasteiger partial charge in [0.15, 0.2) is 11.6 Å². The molecule has 0 amide bonds. The zero-order valence-electron chi connectivity index (χ0n) is 19.9. The van der Waals surface area contributed by atoms with E-state index in [1.807, 2.05) is 84.9 Å². The number of Topliss-reactive ketones (excluding diaryl/α,β-unsaturated/α-hetero) is 2. The number of para-hydroxylation sites is 1. The lowest BCUT2D eigenvalue weighted by molar-refractivity contribution is 0.0990. The second kappa shape index (κ2) is 8.54. The topological polar surface area (TPSA) is 78.0 Å². The Kier molecular flexibility index (Phi) is 4.88. The number of carbonyl (C=O) groups excluding carboxylic acids is 2. The summed E-state index contributed by atoms with van der Waals surface area (Å²) >= 11 is 0. The number of hydrogen-bond donors (Lipinski definition) is 0. The van der Waals surface area contributed by atoms with Crippen LogP contribution in [0.25, 0.3) is 33.9 Å². The molecule has 0 atom stereocenters. The fourth-order valence-corrected chi connectivity index (χ4v) is 4.68. The number of ketones is 2. The smallest absolute Gasteiger partial charge is 0.277 e. The highest BCUT2D eigenvalue weighted by Gasteiger charge is 2.34. The van der Waals surface area contributed by atoms with Crippen molar-refractivity contribution in [2.45, 2.75) is 0 Å². The Morgan fingerprint density at radius 2 is 1.32 bits per heavy atom. The van der Waals surface area contributed by atoms with Crippen LogP contribution >= 0.6 is 0 Å². The molecule has 0 fully saturated rings. The van der Waals surface area contributed by atoms with Gasteiger partial charge in [-0.25, -0.2) is 0 Å². The van der Waals surface area contributed by atoms with Crippen molar-refractivity contribution in [2.24, 2.45) is 0 Å². The van der Waals surface area contributed by atoms with E-state index in [-0.39, 0.29) is 28.7 Å². The first-order valence-electron chi connectivity index (χ1n) is 12.0. The van der Waals surface area contributed by atoms with Gasteiger partial charge in [-0.3, -0.25) is 14.2 Å². The Bertz CT molecular complexity index is 1950. The van der Waals surface area contributed by atoms with Gasteiger partial charge >= 0.3 is 0 Å². The molecule has 38 heavy (non-hydrogen) atoms. The Morgan fingerprint density at radius 1 is 0.711 bits per heavy atom. The number of hydrogen-bond acceptors (Lipinski definition) is 5. The molecular weight excluding hydrogens is 474 g/mol. The molecule has 6 heteroatoms. The zero-order valence-corrected chi connectivity index (χ0v) is 19.9. The van der Waals surface area contributed by atoms with Gasteiger partial charge in [0.05, 0.1) is 5.57 Å². The van der Waals surface area contributed by atoms with Crippen LogP contribution in [0, 0.1) is 11.8 Å². The van der Waals surface area contributed by atoms with Crippen LogP contribution in [0.3, 0.4) is 0 Å². The molecule has 0 saturated heterocycles. The quantitative estimate of drug-likeness (QED) is 0.168. The highest BCUT2D eigenvalue weighted by atomic mass is 16.4. The van der Waals surface area contributed by atoms with Crippen LogP contribution in [0.15, 0.2) is 107 Å². The predicted octanol–water partition coefficient (Wildman–Crippen LogP) is 6.03. The molecule has 178 valence electrons. The molecule has 0 unspecified atom stereocenters. The maximum atomic E-state index is 13.3. The van der Waals surface area contributed by atoms with Crippen molar-refractivity contribution in [3.8, 4) is 17.5 Å². The van der Waals surface area contributed by atoms with Gasteiger partial charge in [-0.1, -0.05) is 66.6 Å². The van der Waals surface area contributed by atoms with Crippen molar-refractivity contribution in [2.75, 3.05) is 0 Å². The summed E-state index contributed by atoms with van der Waals surface area (Å²) in [5.41, 5.74) is 3.17. The Hall–Kier alpha value is -5.54. The van der Waals surface area contributed by atoms with Gasteiger partial charge in [-0.2, -0.15) is 9.97 Å². The van der Waals surface area contributed by atoms with Gasteiger partial charge < -0.3 is 4.42 Å². The Morgan fingerprint density at radius 3 is 1.97 bits per heavy atom. The van der Waals surface area contributed by atoms with E-state index in [0.29, 0.717) is 22.6 Å². The molecular formula is C32H17N3O3. The fourth-order valence-electron chi connectivity index (χ4n) is 4.68. The van der Waals surface area contributed by atoms with E-state index in [1.165, 1.54) is 6.08 Å². The molecule has 0 N–H and O–H groups in total. The van der Waals surface area contributed by atoms with Crippen LogP contribution in [0.4, 0.5) is 0 Å². The summed E-state index contributed by atoms with van der Waals surface area (Å²) in [6.07, 6.45) is 1.52. The van der Waals surface area contributed by atoms with E-state index >= 15 is 0 Å². The molecule has 0 bridgehead atoms. The van der Waals surface area contributed by atoms with Crippen LogP contribution in [-0.4, -0.2) is 26.1 Å². The van der Waals surface area contributed by atoms with Gasteiger partial charge in [0.2, 0.25) is 5.65 Å².